The smallest absolute Gasteiger partial charge is 0.328 e. The first-order chi connectivity index (χ1) is 25.5. The third-order valence-electron chi connectivity index (χ3n) is 9.34. The van der Waals surface area contributed by atoms with Crippen molar-refractivity contribution in [3.05, 3.63) is 111 Å². The highest BCUT2D eigenvalue weighted by atomic mass is 35.5. The monoisotopic (exact) mass is 726 g/mol. The second kappa shape index (κ2) is 14.4. The van der Waals surface area contributed by atoms with Gasteiger partial charge in [-0.1, -0.05) is 55.5 Å². The zero-order valence-corrected chi connectivity index (χ0v) is 30.2. The number of fused-ring (bicyclic) bond motifs is 2. The molecule has 1 unspecified atom stereocenters. The molecule has 0 bridgehead atoms. The number of amides is 3. The van der Waals surface area contributed by atoms with Crippen LogP contribution in [0.4, 0.5) is 0 Å². The number of pyridine rings is 2. The van der Waals surface area contributed by atoms with E-state index in [4.69, 9.17) is 21.3 Å². The molecule has 11 nitrogen and oxygen atoms in total. The highest BCUT2D eigenvalue weighted by Crippen LogP contribution is 2.35. The Kier molecular flexibility index (Phi) is 9.56. The van der Waals surface area contributed by atoms with Crippen molar-refractivity contribution in [2.24, 2.45) is 14.1 Å². The van der Waals surface area contributed by atoms with E-state index in [2.05, 4.69) is 59.5 Å². The predicted octanol–water partition coefficient (Wildman–Crippen LogP) is 5.90. The molecule has 1 saturated heterocycles. The van der Waals surface area contributed by atoms with Crippen LogP contribution in [0.3, 0.4) is 0 Å². The molecule has 266 valence electrons. The first kappa shape index (κ1) is 35.2. The molecule has 2 N–H and O–H groups in total. The van der Waals surface area contributed by atoms with Crippen LogP contribution in [0.1, 0.15) is 54.2 Å². The van der Waals surface area contributed by atoms with E-state index in [9.17, 15) is 19.2 Å². The average molecular weight is 727 g/mol. The summed E-state index contributed by atoms with van der Waals surface area (Å²) in [6, 6.07) is 20.6. The van der Waals surface area contributed by atoms with Crippen molar-refractivity contribution in [1.82, 2.24) is 29.7 Å². The minimum Gasteiger partial charge on any atom is -0.481 e. The van der Waals surface area contributed by atoms with Gasteiger partial charge in [0.05, 0.1) is 28.3 Å². The zero-order valence-electron chi connectivity index (χ0n) is 29.5. The van der Waals surface area contributed by atoms with E-state index >= 15 is 0 Å². The van der Waals surface area contributed by atoms with Gasteiger partial charge in [-0.3, -0.25) is 38.8 Å². The van der Waals surface area contributed by atoms with Crippen LogP contribution in [0.15, 0.2) is 83.9 Å². The number of hydrogen-bond donors (Lipinski definition) is 2. The summed E-state index contributed by atoms with van der Waals surface area (Å²) in [5, 5.41) is 7.37. The SMILES string of the molecule is CC(C)c1cc(-c2cccc3cc(-c4ccc(C(=O)NCC#Cc5cc(OC6CCC(=O)NC6=O)ccc5Cl)nc4)ncc23)cc2c1n(C)c(=O)n2C. The average Bonchev–Trinajstić information content (AvgIpc) is 3.37. The molecule has 0 spiro atoms. The molecule has 0 saturated carbocycles. The Balaban J connectivity index is 1.04. The van der Waals surface area contributed by atoms with Crippen LogP contribution < -0.4 is 21.1 Å². The Morgan fingerprint density at radius 3 is 2.58 bits per heavy atom. The second-order valence-corrected chi connectivity index (χ2v) is 13.6. The van der Waals surface area contributed by atoms with Crippen molar-refractivity contribution < 1.29 is 19.1 Å². The summed E-state index contributed by atoms with van der Waals surface area (Å²) < 4.78 is 9.15. The summed E-state index contributed by atoms with van der Waals surface area (Å²) in [6.07, 6.45) is 3.17. The van der Waals surface area contributed by atoms with Gasteiger partial charge in [0.2, 0.25) is 5.91 Å². The summed E-state index contributed by atoms with van der Waals surface area (Å²) in [5.41, 5.74) is 7.07. The summed E-state index contributed by atoms with van der Waals surface area (Å²) in [7, 11) is 3.61. The Morgan fingerprint density at radius 1 is 1.00 bits per heavy atom. The molecule has 1 fully saturated rings. The molecule has 1 aliphatic heterocycles. The number of aryl methyl sites for hydroxylation is 2. The third kappa shape index (κ3) is 7.01. The van der Waals surface area contributed by atoms with Crippen LogP contribution in [0.2, 0.25) is 5.02 Å². The predicted molar refractivity (Wildman–Crippen MR) is 204 cm³/mol. The molecule has 4 heterocycles. The van der Waals surface area contributed by atoms with E-state index < -0.39 is 17.9 Å². The highest BCUT2D eigenvalue weighted by Gasteiger charge is 2.28. The third-order valence-corrected chi connectivity index (χ3v) is 9.67. The van der Waals surface area contributed by atoms with Crippen molar-refractivity contribution >= 4 is 51.1 Å². The second-order valence-electron chi connectivity index (χ2n) is 13.2. The first-order valence-corrected chi connectivity index (χ1v) is 17.5. The lowest BCUT2D eigenvalue weighted by atomic mass is 9.93. The first-order valence-electron chi connectivity index (χ1n) is 17.1. The molecule has 3 aromatic heterocycles. The maximum Gasteiger partial charge on any atom is 0.328 e. The van der Waals surface area contributed by atoms with Crippen molar-refractivity contribution in [1.29, 1.82) is 0 Å². The van der Waals surface area contributed by atoms with Crippen LogP contribution in [0.25, 0.3) is 44.2 Å². The number of piperidine rings is 1. The molecular weight excluding hydrogens is 692 g/mol. The Bertz CT molecular complexity index is 2580. The van der Waals surface area contributed by atoms with Crippen molar-refractivity contribution in [3.8, 4) is 40.0 Å². The number of rotatable bonds is 7. The van der Waals surface area contributed by atoms with Gasteiger partial charge in [0.15, 0.2) is 6.10 Å². The molecule has 0 radical (unpaired) electrons. The number of hydrogen-bond acceptors (Lipinski definition) is 7. The summed E-state index contributed by atoms with van der Waals surface area (Å²) in [5.74, 6) is 5.22. The van der Waals surface area contributed by atoms with E-state index in [1.807, 2.05) is 31.4 Å². The molecule has 3 amide bonds. The Morgan fingerprint density at radius 2 is 1.83 bits per heavy atom. The number of aromatic nitrogens is 4. The lowest BCUT2D eigenvalue weighted by molar-refractivity contribution is -0.138. The van der Waals surface area contributed by atoms with Crippen LogP contribution in [0, 0.1) is 11.8 Å². The lowest BCUT2D eigenvalue weighted by Gasteiger charge is -2.22. The van der Waals surface area contributed by atoms with Gasteiger partial charge in [-0.15, -0.1) is 0 Å². The maximum absolute atomic E-state index is 12.9. The quantitative estimate of drug-likeness (QED) is 0.155. The number of carbonyl (C=O) groups is 3. The molecule has 53 heavy (non-hydrogen) atoms. The van der Waals surface area contributed by atoms with E-state index in [0.29, 0.717) is 22.0 Å². The Labute approximate surface area is 310 Å². The number of halogens is 1. The van der Waals surface area contributed by atoms with Gasteiger partial charge < -0.3 is 10.1 Å². The Hall–Kier alpha value is -6.25. The number of ether oxygens (including phenoxy) is 1. The minimum atomic E-state index is -0.781. The van der Waals surface area contributed by atoms with Crippen molar-refractivity contribution in [3.63, 3.8) is 0 Å². The van der Waals surface area contributed by atoms with E-state index in [-0.39, 0.29) is 42.6 Å². The van der Waals surface area contributed by atoms with Crippen LogP contribution >= 0.6 is 11.6 Å². The van der Waals surface area contributed by atoms with E-state index in [1.54, 1.807) is 52.7 Å². The summed E-state index contributed by atoms with van der Waals surface area (Å²) in [4.78, 5) is 58.3. The molecule has 6 aromatic rings. The van der Waals surface area contributed by atoms with Crippen LogP contribution in [0.5, 0.6) is 5.75 Å². The zero-order chi connectivity index (χ0) is 37.4. The molecule has 3 aromatic carbocycles. The number of benzene rings is 3. The molecule has 1 atom stereocenters. The van der Waals surface area contributed by atoms with Gasteiger partial charge in [-0.25, -0.2) is 4.79 Å². The maximum atomic E-state index is 12.9. The largest absolute Gasteiger partial charge is 0.481 e. The fraction of sp³-hybridized carbons (Fsp3) is 0.220. The van der Waals surface area contributed by atoms with Gasteiger partial charge in [0, 0.05) is 55.8 Å². The normalized spacial score (nSPS) is 14.3. The van der Waals surface area contributed by atoms with Crippen molar-refractivity contribution in [2.75, 3.05) is 6.54 Å². The van der Waals surface area contributed by atoms with Gasteiger partial charge in [0.25, 0.3) is 11.8 Å². The fourth-order valence-corrected chi connectivity index (χ4v) is 6.69. The van der Waals surface area contributed by atoms with Gasteiger partial charge in [0.1, 0.15) is 11.4 Å². The molecule has 1 aliphatic rings. The number of imide groups is 1. The topological polar surface area (TPSA) is 137 Å². The standard InChI is InChI=1S/C41H35ClN6O5/c1-23(2)30-18-27(20-35-38(30)48(4)41(52)47(35)3)29-9-5-7-24-19-34(45-22-31(24)29)26-10-13-33(44-21-26)39(50)43-16-6-8-25-17-28(11-12-32(25)42)53-36-14-15-37(49)46-40(36)51/h5,7,9-13,17-23,36H,14-16H2,1-4H3,(H,43,50)(H,46,49,51). The highest BCUT2D eigenvalue weighted by molar-refractivity contribution is 6.31. The number of nitrogens with one attached hydrogen (secondary N) is 2. The number of carbonyl (C=O) groups excluding carboxylic acids is 3. The summed E-state index contributed by atoms with van der Waals surface area (Å²) in [6.45, 7) is 4.30. The van der Waals surface area contributed by atoms with Crippen LogP contribution in [-0.4, -0.2) is 49.5 Å². The summed E-state index contributed by atoms with van der Waals surface area (Å²) >= 11 is 6.31. The number of nitrogens with zero attached hydrogens (tertiary/aromatic N) is 4. The lowest BCUT2D eigenvalue weighted by Crippen LogP contribution is -2.46. The van der Waals surface area contributed by atoms with E-state index in [0.717, 1.165) is 44.1 Å². The number of imidazole rings is 1. The van der Waals surface area contributed by atoms with Gasteiger partial charge in [-0.2, -0.15) is 0 Å². The van der Waals surface area contributed by atoms with Crippen molar-refractivity contribution in [2.45, 2.75) is 38.7 Å². The fourth-order valence-electron chi connectivity index (χ4n) is 6.52. The molecule has 12 heteroatoms. The molecule has 0 aliphatic carbocycles. The minimum absolute atomic E-state index is 0.0392. The molecular formula is C41H35ClN6O5. The van der Waals surface area contributed by atoms with Gasteiger partial charge >= 0.3 is 5.69 Å². The van der Waals surface area contributed by atoms with E-state index in [1.165, 1.54) is 0 Å². The molecule has 7 rings (SSSR count). The van der Waals surface area contributed by atoms with Crippen LogP contribution in [-0.2, 0) is 23.7 Å². The van der Waals surface area contributed by atoms with Gasteiger partial charge in [-0.05, 0) is 76.5 Å².